The number of rotatable bonds is 7. The summed E-state index contributed by atoms with van der Waals surface area (Å²) in [4.78, 5) is 24.1. The highest BCUT2D eigenvalue weighted by Crippen LogP contribution is 2.12. The first-order chi connectivity index (χ1) is 9.99. The third-order valence-corrected chi connectivity index (χ3v) is 3.28. The molecule has 6 nitrogen and oxygen atoms in total. The summed E-state index contributed by atoms with van der Waals surface area (Å²) in [5.41, 5.74) is 1.04. The summed E-state index contributed by atoms with van der Waals surface area (Å²) in [6.45, 7) is 2.17. The number of benzene rings is 1. The van der Waals surface area contributed by atoms with Crippen molar-refractivity contribution in [3.05, 3.63) is 29.8 Å². The van der Waals surface area contributed by atoms with Gasteiger partial charge in [-0.05, 0) is 30.5 Å². The topological polar surface area (TPSA) is 78.9 Å². The van der Waals surface area contributed by atoms with E-state index in [4.69, 9.17) is 9.84 Å². The lowest BCUT2D eigenvalue weighted by Gasteiger charge is -2.24. The van der Waals surface area contributed by atoms with Crippen LogP contribution in [0.1, 0.15) is 18.9 Å². The van der Waals surface area contributed by atoms with Crippen LogP contribution in [0.5, 0.6) is 5.75 Å². The number of ether oxygens (including phenoxy) is 1. The molecule has 1 atom stereocenters. The molecular formula is C15H22N2O4. The average molecular weight is 294 g/mol. The van der Waals surface area contributed by atoms with Crippen LogP contribution in [0.4, 0.5) is 4.79 Å². The minimum absolute atomic E-state index is 0.370. The van der Waals surface area contributed by atoms with E-state index in [-0.39, 0.29) is 6.03 Å². The Hall–Kier alpha value is -2.24. The third kappa shape index (κ3) is 4.98. The van der Waals surface area contributed by atoms with Gasteiger partial charge in [0.05, 0.1) is 7.11 Å². The Morgan fingerprint density at radius 2 is 2.14 bits per heavy atom. The number of nitrogens with zero attached hydrogens (tertiary/aromatic N) is 1. The highest BCUT2D eigenvalue weighted by atomic mass is 16.5. The standard InChI is InChI=1S/C15H22N2O4/c1-4-13(14(18)19)17(2)15(20)16-9-8-11-6-5-7-12(10-11)21-3/h5-7,10,13H,4,8-9H2,1-3H3,(H,16,20)(H,18,19). The number of amides is 2. The van der Waals surface area contributed by atoms with E-state index in [2.05, 4.69) is 5.32 Å². The molecule has 2 N–H and O–H groups in total. The Morgan fingerprint density at radius 1 is 1.43 bits per heavy atom. The number of methoxy groups -OCH3 is 1. The fourth-order valence-electron chi connectivity index (χ4n) is 2.02. The summed E-state index contributed by atoms with van der Waals surface area (Å²) >= 11 is 0. The van der Waals surface area contributed by atoms with Crippen molar-refractivity contribution in [1.29, 1.82) is 0 Å². The van der Waals surface area contributed by atoms with Crippen molar-refractivity contribution < 1.29 is 19.4 Å². The van der Waals surface area contributed by atoms with Crippen LogP contribution in [0.2, 0.25) is 0 Å². The van der Waals surface area contributed by atoms with Gasteiger partial charge in [-0.25, -0.2) is 9.59 Å². The van der Waals surface area contributed by atoms with E-state index in [0.29, 0.717) is 19.4 Å². The molecule has 0 bridgehead atoms. The van der Waals surface area contributed by atoms with Crippen molar-refractivity contribution in [2.24, 2.45) is 0 Å². The predicted octanol–water partition coefficient (Wildman–Crippen LogP) is 1.74. The van der Waals surface area contributed by atoms with Gasteiger partial charge < -0.3 is 20.1 Å². The number of carbonyl (C=O) groups is 2. The second kappa shape index (κ2) is 8.14. The van der Waals surface area contributed by atoms with Crippen LogP contribution in [0, 0.1) is 0 Å². The summed E-state index contributed by atoms with van der Waals surface area (Å²) in [5, 5.41) is 11.7. The number of carboxylic acids is 1. The fourth-order valence-corrected chi connectivity index (χ4v) is 2.02. The molecule has 0 radical (unpaired) electrons. The zero-order valence-electron chi connectivity index (χ0n) is 12.6. The van der Waals surface area contributed by atoms with Gasteiger partial charge in [0.1, 0.15) is 11.8 Å². The fraction of sp³-hybridized carbons (Fsp3) is 0.467. The number of carbonyl (C=O) groups excluding carboxylic acids is 1. The molecule has 1 unspecified atom stereocenters. The van der Waals surface area contributed by atoms with E-state index in [9.17, 15) is 9.59 Å². The molecule has 0 saturated carbocycles. The zero-order chi connectivity index (χ0) is 15.8. The lowest BCUT2D eigenvalue weighted by atomic mass is 10.1. The van der Waals surface area contributed by atoms with Gasteiger partial charge in [-0.2, -0.15) is 0 Å². The lowest BCUT2D eigenvalue weighted by molar-refractivity contribution is -0.141. The normalized spacial score (nSPS) is 11.6. The molecular weight excluding hydrogens is 272 g/mol. The Kier molecular flexibility index (Phi) is 6.52. The number of likely N-dealkylation sites (N-methyl/N-ethyl adjacent to an activating group) is 1. The van der Waals surface area contributed by atoms with Crippen LogP contribution in [0.3, 0.4) is 0 Å². The first kappa shape index (κ1) is 16.8. The first-order valence-electron chi connectivity index (χ1n) is 6.86. The number of hydrogen-bond acceptors (Lipinski definition) is 3. The minimum Gasteiger partial charge on any atom is -0.497 e. The van der Waals surface area contributed by atoms with E-state index >= 15 is 0 Å². The summed E-state index contributed by atoms with van der Waals surface area (Å²) < 4.78 is 5.13. The maximum Gasteiger partial charge on any atom is 0.326 e. The van der Waals surface area contributed by atoms with Crippen LogP contribution in [-0.2, 0) is 11.2 Å². The van der Waals surface area contributed by atoms with E-state index in [1.54, 1.807) is 14.0 Å². The van der Waals surface area contributed by atoms with E-state index < -0.39 is 12.0 Å². The molecule has 0 aliphatic carbocycles. The predicted molar refractivity (Wildman–Crippen MR) is 79.6 cm³/mol. The Bertz CT molecular complexity index is 490. The lowest BCUT2D eigenvalue weighted by Crippen LogP contribution is -2.47. The summed E-state index contributed by atoms with van der Waals surface area (Å²) in [5.74, 6) is -0.226. The van der Waals surface area contributed by atoms with Crippen molar-refractivity contribution in [3.63, 3.8) is 0 Å². The van der Waals surface area contributed by atoms with Crippen molar-refractivity contribution >= 4 is 12.0 Å². The van der Waals surface area contributed by atoms with Gasteiger partial charge >= 0.3 is 12.0 Å². The Morgan fingerprint density at radius 3 is 2.71 bits per heavy atom. The number of hydrogen-bond donors (Lipinski definition) is 2. The minimum atomic E-state index is -0.997. The van der Waals surface area contributed by atoms with Crippen molar-refractivity contribution in [3.8, 4) is 5.75 Å². The van der Waals surface area contributed by atoms with Gasteiger partial charge in [0.25, 0.3) is 0 Å². The zero-order valence-corrected chi connectivity index (χ0v) is 12.6. The highest BCUT2D eigenvalue weighted by molar-refractivity contribution is 5.82. The quantitative estimate of drug-likeness (QED) is 0.803. The second-order valence-corrected chi connectivity index (χ2v) is 4.71. The van der Waals surface area contributed by atoms with E-state index in [1.807, 2.05) is 24.3 Å². The van der Waals surface area contributed by atoms with Gasteiger partial charge in [-0.1, -0.05) is 19.1 Å². The second-order valence-electron chi connectivity index (χ2n) is 4.71. The summed E-state index contributed by atoms with van der Waals surface area (Å²) in [7, 11) is 3.09. The summed E-state index contributed by atoms with van der Waals surface area (Å²) in [6, 6.07) is 6.41. The highest BCUT2D eigenvalue weighted by Gasteiger charge is 2.24. The molecule has 1 rings (SSSR count). The number of aliphatic carboxylic acids is 1. The van der Waals surface area contributed by atoms with Gasteiger partial charge in [0.15, 0.2) is 0 Å². The largest absolute Gasteiger partial charge is 0.497 e. The SMILES string of the molecule is CCC(C(=O)O)N(C)C(=O)NCCc1cccc(OC)c1. The van der Waals surface area contributed by atoms with Crippen molar-refractivity contribution in [1.82, 2.24) is 10.2 Å². The molecule has 0 heterocycles. The van der Waals surface area contributed by atoms with Crippen molar-refractivity contribution in [2.45, 2.75) is 25.8 Å². The van der Waals surface area contributed by atoms with Crippen LogP contribution in [-0.4, -0.2) is 48.8 Å². The molecule has 0 aromatic heterocycles. The van der Waals surface area contributed by atoms with Crippen LogP contribution >= 0.6 is 0 Å². The summed E-state index contributed by atoms with van der Waals surface area (Å²) in [6.07, 6.45) is 1.02. The molecule has 6 heteroatoms. The van der Waals surface area contributed by atoms with Gasteiger partial charge in [-0.3, -0.25) is 0 Å². The molecule has 1 aromatic rings. The monoisotopic (exact) mass is 294 g/mol. The van der Waals surface area contributed by atoms with Crippen molar-refractivity contribution in [2.75, 3.05) is 20.7 Å². The maximum atomic E-state index is 11.9. The Balaban J connectivity index is 2.47. The maximum absolute atomic E-state index is 11.9. The van der Waals surface area contributed by atoms with Gasteiger partial charge in [0, 0.05) is 13.6 Å². The smallest absolute Gasteiger partial charge is 0.326 e. The molecule has 0 spiro atoms. The van der Waals surface area contributed by atoms with Crippen LogP contribution in [0.25, 0.3) is 0 Å². The molecule has 2 amide bonds. The van der Waals surface area contributed by atoms with Gasteiger partial charge in [-0.15, -0.1) is 0 Å². The molecule has 1 aromatic carbocycles. The Labute approximate surface area is 124 Å². The molecule has 0 aliphatic heterocycles. The van der Waals surface area contributed by atoms with E-state index in [0.717, 1.165) is 11.3 Å². The number of carboxylic acid groups (broad SMARTS) is 1. The molecule has 21 heavy (non-hydrogen) atoms. The van der Waals surface area contributed by atoms with E-state index in [1.165, 1.54) is 11.9 Å². The number of urea groups is 1. The third-order valence-electron chi connectivity index (χ3n) is 3.28. The number of nitrogens with one attached hydrogen (secondary N) is 1. The van der Waals surface area contributed by atoms with Crippen LogP contribution in [0.15, 0.2) is 24.3 Å². The molecule has 0 aliphatic rings. The molecule has 0 fully saturated rings. The molecule has 116 valence electrons. The van der Waals surface area contributed by atoms with Gasteiger partial charge in [0.2, 0.25) is 0 Å². The average Bonchev–Trinajstić information content (AvgIpc) is 2.47. The first-order valence-corrected chi connectivity index (χ1v) is 6.86. The molecule has 0 saturated heterocycles. The van der Waals surface area contributed by atoms with Crippen LogP contribution < -0.4 is 10.1 Å².